The van der Waals surface area contributed by atoms with Crippen LogP contribution in [0.4, 0.5) is 5.95 Å². The lowest BCUT2D eigenvalue weighted by atomic mass is 10.1. The molecule has 0 atom stereocenters. The molecule has 0 spiro atoms. The maximum atomic E-state index is 5.96. The maximum Gasteiger partial charge on any atom is 0.240 e. The first-order valence-electron chi connectivity index (χ1n) is 10.6. The van der Waals surface area contributed by atoms with Gasteiger partial charge in [0.1, 0.15) is 11.6 Å². The second-order valence-electron chi connectivity index (χ2n) is 7.75. The summed E-state index contributed by atoms with van der Waals surface area (Å²) in [6, 6.07) is 11.8. The van der Waals surface area contributed by atoms with Crippen LogP contribution in [-0.2, 0) is 19.3 Å². The molecule has 0 aliphatic heterocycles. The molecule has 3 aromatic heterocycles. The number of rotatable bonds is 8. The normalized spacial score (nSPS) is 10.9. The highest BCUT2D eigenvalue weighted by atomic mass is 16.5. The highest BCUT2D eigenvalue weighted by Crippen LogP contribution is 2.28. The van der Waals surface area contributed by atoms with Crippen molar-refractivity contribution in [2.24, 2.45) is 0 Å². The van der Waals surface area contributed by atoms with Crippen molar-refractivity contribution in [3.63, 3.8) is 0 Å². The van der Waals surface area contributed by atoms with Crippen molar-refractivity contribution in [1.82, 2.24) is 29.7 Å². The van der Waals surface area contributed by atoms with Crippen molar-refractivity contribution < 1.29 is 9.47 Å². The Morgan fingerprint density at radius 2 is 1.67 bits per heavy atom. The van der Waals surface area contributed by atoms with E-state index < -0.39 is 0 Å². The molecule has 0 saturated heterocycles. The molecule has 4 aromatic rings. The van der Waals surface area contributed by atoms with Crippen molar-refractivity contribution >= 4 is 5.95 Å². The molecule has 33 heavy (non-hydrogen) atoms. The third-order valence-electron chi connectivity index (χ3n) is 5.20. The van der Waals surface area contributed by atoms with Crippen LogP contribution in [0.1, 0.15) is 34.2 Å². The van der Waals surface area contributed by atoms with Gasteiger partial charge < -0.3 is 15.2 Å². The predicted octanol–water partition coefficient (Wildman–Crippen LogP) is 3.04. The number of methoxy groups -OCH3 is 2. The number of ether oxygens (including phenoxy) is 2. The molecule has 2 N–H and O–H groups in total. The molecule has 0 fully saturated rings. The summed E-state index contributed by atoms with van der Waals surface area (Å²) in [5.41, 5.74) is 10.1. The summed E-state index contributed by atoms with van der Waals surface area (Å²) in [6.45, 7) is 3.93. The highest BCUT2D eigenvalue weighted by Gasteiger charge is 2.15. The van der Waals surface area contributed by atoms with Gasteiger partial charge in [-0.1, -0.05) is 6.07 Å². The summed E-state index contributed by atoms with van der Waals surface area (Å²) in [5, 5.41) is 4.39. The Labute approximate surface area is 192 Å². The molecule has 9 nitrogen and oxygen atoms in total. The number of nitrogen functional groups attached to an aromatic ring is 1. The number of nitrogens with two attached hydrogens (primary N) is 1. The summed E-state index contributed by atoms with van der Waals surface area (Å²) in [7, 11) is 3.22. The van der Waals surface area contributed by atoms with E-state index in [9.17, 15) is 0 Å². The molecule has 9 heteroatoms. The minimum atomic E-state index is 0.187. The van der Waals surface area contributed by atoms with Crippen molar-refractivity contribution in [3.8, 4) is 17.3 Å². The summed E-state index contributed by atoms with van der Waals surface area (Å²) >= 11 is 0. The van der Waals surface area contributed by atoms with Crippen molar-refractivity contribution in [1.29, 1.82) is 0 Å². The van der Waals surface area contributed by atoms with Gasteiger partial charge in [-0.25, -0.2) is 9.97 Å². The average molecular weight is 446 g/mol. The number of anilines is 1. The van der Waals surface area contributed by atoms with Crippen LogP contribution in [0.25, 0.3) is 5.82 Å². The largest absolute Gasteiger partial charge is 0.493 e. The van der Waals surface area contributed by atoms with Gasteiger partial charge in [-0.2, -0.15) is 9.67 Å². The van der Waals surface area contributed by atoms with Gasteiger partial charge in [0, 0.05) is 30.1 Å². The minimum Gasteiger partial charge on any atom is -0.493 e. The van der Waals surface area contributed by atoms with E-state index in [0.717, 1.165) is 29.8 Å². The first-order chi connectivity index (χ1) is 15.9. The molecule has 0 unspecified atom stereocenters. The van der Waals surface area contributed by atoms with Gasteiger partial charge in [-0.05, 0) is 62.1 Å². The van der Waals surface area contributed by atoms with Crippen molar-refractivity contribution in [2.45, 2.75) is 33.1 Å². The molecule has 0 bridgehead atoms. The Balaban J connectivity index is 1.61. The van der Waals surface area contributed by atoms with E-state index in [1.807, 2.05) is 43.5 Å². The Kier molecular flexibility index (Phi) is 6.48. The molecule has 0 aliphatic carbocycles. The smallest absolute Gasteiger partial charge is 0.240 e. The lowest BCUT2D eigenvalue weighted by Crippen LogP contribution is -2.10. The Bertz CT molecular complexity index is 1270. The number of benzene rings is 1. The quantitative estimate of drug-likeness (QED) is 0.440. The zero-order valence-corrected chi connectivity index (χ0v) is 19.2. The molecular weight excluding hydrogens is 418 g/mol. The van der Waals surface area contributed by atoms with Crippen LogP contribution in [0.2, 0.25) is 0 Å². The third kappa shape index (κ3) is 5.25. The molecule has 0 radical (unpaired) electrons. The van der Waals surface area contributed by atoms with Crippen LogP contribution in [0, 0.1) is 13.8 Å². The van der Waals surface area contributed by atoms with Crippen LogP contribution in [0.15, 0.2) is 42.6 Å². The highest BCUT2D eigenvalue weighted by molar-refractivity contribution is 5.44. The van der Waals surface area contributed by atoms with Gasteiger partial charge in [0.15, 0.2) is 17.3 Å². The predicted molar refractivity (Wildman–Crippen MR) is 125 cm³/mol. The van der Waals surface area contributed by atoms with E-state index in [4.69, 9.17) is 15.2 Å². The van der Waals surface area contributed by atoms with Crippen molar-refractivity contribution in [2.75, 3.05) is 20.0 Å². The van der Waals surface area contributed by atoms with Gasteiger partial charge in [0.25, 0.3) is 0 Å². The molecule has 4 rings (SSSR count). The van der Waals surface area contributed by atoms with E-state index in [1.165, 1.54) is 5.56 Å². The van der Waals surface area contributed by atoms with Crippen LogP contribution in [0.3, 0.4) is 0 Å². The third-order valence-corrected chi connectivity index (χ3v) is 5.20. The van der Waals surface area contributed by atoms with E-state index >= 15 is 0 Å². The van der Waals surface area contributed by atoms with Crippen LogP contribution in [-0.4, -0.2) is 43.9 Å². The molecule has 0 saturated carbocycles. The lowest BCUT2D eigenvalue weighted by Gasteiger charge is -2.11. The topological polar surface area (TPSA) is 114 Å². The maximum absolute atomic E-state index is 5.96. The number of aromatic nitrogens is 6. The van der Waals surface area contributed by atoms with E-state index in [-0.39, 0.29) is 5.95 Å². The fourth-order valence-electron chi connectivity index (χ4n) is 3.67. The first kappa shape index (κ1) is 22.2. The zero-order chi connectivity index (χ0) is 23.4. The van der Waals surface area contributed by atoms with Crippen molar-refractivity contribution in [3.05, 3.63) is 76.8 Å². The van der Waals surface area contributed by atoms with Gasteiger partial charge in [0.05, 0.1) is 14.2 Å². The van der Waals surface area contributed by atoms with Gasteiger partial charge >= 0.3 is 0 Å². The second-order valence-corrected chi connectivity index (χ2v) is 7.75. The van der Waals surface area contributed by atoms with Gasteiger partial charge in [0.2, 0.25) is 5.95 Å². The Hall–Kier alpha value is -4.01. The summed E-state index contributed by atoms with van der Waals surface area (Å²) in [4.78, 5) is 18.1. The molecule has 0 amide bonds. The van der Waals surface area contributed by atoms with Gasteiger partial charge in [-0.15, -0.1) is 5.10 Å². The average Bonchev–Trinajstić information content (AvgIpc) is 3.17. The standard InChI is InChI=1S/C24H27N7O2/c1-15-9-10-26-18(11-15)6-7-19-14-23(28-16(2)27-19)31-22(29-24(25)30-31)13-17-5-8-20(32-3)21(12-17)33-4/h5,8-12,14H,6-7,13H2,1-4H3,(H2,25,30). The number of pyridine rings is 1. The molecule has 0 aliphatic rings. The van der Waals surface area contributed by atoms with E-state index in [1.54, 1.807) is 18.9 Å². The summed E-state index contributed by atoms with van der Waals surface area (Å²) < 4.78 is 12.4. The fourth-order valence-corrected chi connectivity index (χ4v) is 3.67. The minimum absolute atomic E-state index is 0.187. The second kappa shape index (κ2) is 9.64. The number of aryl methyl sites for hydroxylation is 4. The zero-order valence-electron chi connectivity index (χ0n) is 19.2. The number of nitrogens with zero attached hydrogens (tertiary/aromatic N) is 6. The summed E-state index contributed by atoms with van der Waals surface area (Å²) in [5.74, 6) is 3.47. The lowest BCUT2D eigenvalue weighted by molar-refractivity contribution is 0.354. The molecule has 3 heterocycles. The summed E-state index contributed by atoms with van der Waals surface area (Å²) in [6.07, 6.45) is 3.85. The van der Waals surface area contributed by atoms with Gasteiger partial charge in [-0.3, -0.25) is 4.98 Å². The van der Waals surface area contributed by atoms with E-state index in [0.29, 0.717) is 35.4 Å². The number of hydrogen-bond acceptors (Lipinski definition) is 8. The van der Waals surface area contributed by atoms with E-state index in [2.05, 4.69) is 38.0 Å². The monoisotopic (exact) mass is 445 g/mol. The first-order valence-corrected chi connectivity index (χ1v) is 10.6. The van der Waals surface area contributed by atoms with Crippen LogP contribution in [0.5, 0.6) is 11.5 Å². The van der Waals surface area contributed by atoms with Crippen LogP contribution < -0.4 is 15.2 Å². The molecule has 1 aromatic carbocycles. The SMILES string of the molecule is COc1ccc(Cc2nc(N)nn2-c2cc(CCc3cc(C)ccn3)nc(C)n2)cc1OC. The Morgan fingerprint density at radius 3 is 2.42 bits per heavy atom. The fraction of sp³-hybridized carbons (Fsp3) is 0.292. The molecular formula is C24H27N7O2. The molecule has 170 valence electrons. The Morgan fingerprint density at radius 1 is 0.879 bits per heavy atom. The van der Waals surface area contributed by atoms with Crippen LogP contribution >= 0.6 is 0 Å². The number of hydrogen-bond donors (Lipinski definition) is 1.